The summed E-state index contributed by atoms with van der Waals surface area (Å²) < 4.78 is 7.54. The fourth-order valence-corrected chi connectivity index (χ4v) is 3.71. The molecule has 1 fully saturated rings. The van der Waals surface area contributed by atoms with E-state index in [-0.39, 0.29) is 18.6 Å². The van der Waals surface area contributed by atoms with Crippen LogP contribution < -0.4 is 0 Å². The summed E-state index contributed by atoms with van der Waals surface area (Å²) in [5.74, 6) is 0.177. The van der Waals surface area contributed by atoms with Crippen LogP contribution in [0.5, 0.6) is 0 Å². The second kappa shape index (κ2) is 7.20. The average Bonchev–Trinajstić information content (AvgIpc) is 2.92. The van der Waals surface area contributed by atoms with Crippen LogP contribution in [0.15, 0.2) is 24.3 Å². The number of carbonyl (C=O) groups is 1. The fourth-order valence-electron chi connectivity index (χ4n) is 3.55. The predicted octanol–water partition coefficient (Wildman–Crippen LogP) is 4.93. The van der Waals surface area contributed by atoms with Crippen molar-refractivity contribution in [3.63, 3.8) is 0 Å². The van der Waals surface area contributed by atoms with Crippen molar-refractivity contribution < 1.29 is 9.53 Å². The molecule has 6 heteroatoms. The lowest BCUT2D eigenvalue weighted by Crippen LogP contribution is -2.42. The lowest BCUT2D eigenvalue weighted by atomic mass is 9.94. The zero-order valence-corrected chi connectivity index (χ0v) is 16.2. The van der Waals surface area contributed by atoms with Crippen molar-refractivity contribution in [2.75, 3.05) is 13.1 Å². The molecule has 1 aromatic heterocycles. The van der Waals surface area contributed by atoms with Gasteiger partial charge in [0.2, 0.25) is 0 Å². The number of ether oxygens (including phenoxy) is 1. The number of benzene rings is 1. The summed E-state index contributed by atoms with van der Waals surface area (Å²) in [6, 6.07) is 10.1. The molecule has 1 aromatic carbocycles. The molecule has 3 rings (SSSR count). The maximum absolute atomic E-state index is 12.4. The van der Waals surface area contributed by atoms with Crippen LogP contribution in [0.25, 0.3) is 10.9 Å². The van der Waals surface area contributed by atoms with Crippen LogP contribution in [0.4, 0.5) is 4.79 Å². The first-order chi connectivity index (χ1) is 12.3. The number of hydrogen-bond acceptors (Lipinski definition) is 3. The van der Waals surface area contributed by atoms with Gasteiger partial charge in [0, 0.05) is 35.1 Å². The number of carbonyl (C=O) groups excluding carboxylic acids is 1. The molecule has 1 aliphatic rings. The molecule has 0 radical (unpaired) electrons. The minimum atomic E-state index is -0.503. The van der Waals surface area contributed by atoms with Crippen LogP contribution in [-0.4, -0.2) is 34.3 Å². The number of likely N-dealkylation sites (tertiary alicyclic amines) is 1. The Bertz CT molecular complexity index is 860. The molecule has 0 saturated carbocycles. The monoisotopic (exact) mass is 373 g/mol. The SMILES string of the molecule is CC(C)(C)OC(=O)N1CCCC(c2cc3ccc(Cl)cc3n2CC#N)C1. The maximum atomic E-state index is 12.4. The molecule has 1 saturated heterocycles. The highest BCUT2D eigenvalue weighted by atomic mass is 35.5. The molecular formula is C20H24ClN3O2. The van der Waals surface area contributed by atoms with Crippen molar-refractivity contribution in [3.8, 4) is 6.07 Å². The third-order valence-electron chi connectivity index (χ3n) is 4.62. The Hall–Kier alpha value is -2.19. The Morgan fingerprint density at radius 2 is 2.15 bits per heavy atom. The van der Waals surface area contributed by atoms with E-state index in [1.165, 1.54) is 0 Å². The lowest BCUT2D eigenvalue weighted by Gasteiger charge is -2.34. The van der Waals surface area contributed by atoms with Crippen molar-refractivity contribution in [2.45, 2.75) is 51.7 Å². The topological polar surface area (TPSA) is 58.3 Å². The van der Waals surface area contributed by atoms with Gasteiger partial charge in [0.25, 0.3) is 0 Å². The number of nitriles is 1. The van der Waals surface area contributed by atoms with Crippen LogP contribution >= 0.6 is 11.6 Å². The quantitative estimate of drug-likeness (QED) is 0.749. The predicted molar refractivity (Wildman–Crippen MR) is 102 cm³/mol. The van der Waals surface area contributed by atoms with Gasteiger partial charge in [-0.25, -0.2) is 4.79 Å². The van der Waals surface area contributed by atoms with Crippen LogP contribution in [-0.2, 0) is 11.3 Å². The lowest BCUT2D eigenvalue weighted by molar-refractivity contribution is 0.0196. The molecule has 26 heavy (non-hydrogen) atoms. The van der Waals surface area contributed by atoms with Gasteiger partial charge in [-0.2, -0.15) is 5.26 Å². The standard InChI is InChI=1S/C20H24ClN3O2/c1-20(2,3)26-19(25)23-9-4-5-15(13-23)17-11-14-6-7-16(21)12-18(14)24(17)10-8-22/h6-7,11-12,15H,4-5,9-10,13H2,1-3H3. The van der Waals surface area contributed by atoms with Crippen LogP contribution in [0.1, 0.15) is 45.2 Å². The molecule has 138 valence electrons. The summed E-state index contributed by atoms with van der Waals surface area (Å²) in [4.78, 5) is 14.2. The first-order valence-corrected chi connectivity index (χ1v) is 9.30. The average molecular weight is 374 g/mol. The van der Waals surface area contributed by atoms with E-state index in [2.05, 4.69) is 12.1 Å². The molecule has 0 N–H and O–H groups in total. The number of piperidine rings is 1. The van der Waals surface area contributed by atoms with Crippen molar-refractivity contribution in [1.29, 1.82) is 5.26 Å². The highest BCUT2D eigenvalue weighted by molar-refractivity contribution is 6.31. The molecule has 0 spiro atoms. The summed E-state index contributed by atoms with van der Waals surface area (Å²) in [7, 11) is 0. The summed E-state index contributed by atoms with van der Waals surface area (Å²) >= 11 is 6.15. The Morgan fingerprint density at radius 1 is 1.38 bits per heavy atom. The van der Waals surface area contributed by atoms with Gasteiger partial charge in [-0.3, -0.25) is 0 Å². The van der Waals surface area contributed by atoms with E-state index in [0.29, 0.717) is 18.1 Å². The Balaban J connectivity index is 1.89. The number of amides is 1. The Kier molecular flexibility index (Phi) is 5.15. The van der Waals surface area contributed by atoms with Gasteiger partial charge in [-0.15, -0.1) is 0 Å². The van der Waals surface area contributed by atoms with Gasteiger partial charge in [-0.05, 0) is 51.8 Å². The van der Waals surface area contributed by atoms with Crippen LogP contribution in [0.2, 0.25) is 5.02 Å². The zero-order valence-electron chi connectivity index (χ0n) is 15.5. The van der Waals surface area contributed by atoms with Gasteiger partial charge in [0.1, 0.15) is 12.1 Å². The highest BCUT2D eigenvalue weighted by Gasteiger charge is 2.30. The second-order valence-electron chi connectivity index (χ2n) is 7.78. The van der Waals surface area contributed by atoms with Crippen molar-refractivity contribution in [1.82, 2.24) is 9.47 Å². The highest BCUT2D eigenvalue weighted by Crippen LogP contribution is 2.33. The normalized spacial score (nSPS) is 18.0. The molecule has 0 aliphatic carbocycles. The summed E-state index contributed by atoms with van der Waals surface area (Å²) in [6.45, 7) is 7.20. The number of fused-ring (bicyclic) bond motifs is 1. The summed E-state index contributed by atoms with van der Waals surface area (Å²) in [5, 5.41) is 11.0. The van der Waals surface area contributed by atoms with Crippen molar-refractivity contribution in [3.05, 3.63) is 35.0 Å². The van der Waals surface area contributed by atoms with E-state index < -0.39 is 5.60 Å². The Labute approximate surface area is 159 Å². The van der Waals surface area contributed by atoms with Gasteiger partial charge < -0.3 is 14.2 Å². The molecule has 1 unspecified atom stereocenters. The second-order valence-corrected chi connectivity index (χ2v) is 8.22. The van der Waals surface area contributed by atoms with Gasteiger partial charge in [-0.1, -0.05) is 17.7 Å². The van der Waals surface area contributed by atoms with Crippen molar-refractivity contribution in [2.24, 2.45) is 0 Å². The molecule has 2 aromatic rings. The number of aromatic nitrogens is 1. The van der Waals surface area contributed by atoms with E-state index in [9.17, 15) is 10.1 Å². The smallest absolute Gasteiger partial charge is 0.410 e. The molecular weight excluding hydrogens is 350 g/mol. The van der Waals surface area contributed by atoms with Crippen LogP contribution in [0, 0.1) is 11.3 Å². The van der Waals surface area contributed by atoms with Crippen LogP contribution in [0.3, 0.4) is 0 Å². The van der Waals surface area contributed by atoms with E-state index in [1.54, 1.807) is 4.90 Å². The molecule has 1 aliphatic heterocycles. The van der Waals surface area contributed by atoms with Crippen molar-refractivity contribution >= 4 is 28.6 Å². The van der Waals surface area contributed by atoms with Gasteiger partial charge in [0.05, 0.1) is 11.6 Å². The van der Waals surface area contributed by atoms with Gasteiger partial charge in [0.15, 0.2) is 0 Å². The molecule has 2 heterocycles. The van der Waals surface area contributed by atoms with Gasteiger partial charge >= 0.3 is 6.09 Å². The van der Waals surface area contributed by atoms with E-state index in [0.717, 1.165) is 29.4 Å². The number of hydrogen-bond donors (Lipinski definition) is 0. The number of halogens is 1. The fraction of sp³-hybridized carbons (Fsp3) is 0.500. The van der Waals surface area contributed by atoms with E-state index >= 15 is 0 Å². The number of rotatable bonds is 2. The molecule has 0 bridgehead atoms. The minimum absolute atomic E-state index is 0.177. The van der Waals surface area contributed by atoms with E-state index in [4.69, 9.17) is 16.3 Å². The molecule has 1 amide bonds. The largest absolute Gasteiger partial charge is 0.444 e. The third-order valence-corrected chi connectivity index (χ3v) is 4.85. The molecule has 5 nitrogen and oxygen atoms in total. The summed E-state index contributed by atoms with van der Waals surface area (Å²) in [5.41, 5.74) is 1.54. The first-order valence-electron chi connectivity index (χ1n) is 8.92. The zero-order chi connectivity index (χ0) is 18.9. The van der Waals surface area contributed by atoms with E-state index in [1.807, 2.05) is 43.5 Å². The number of nitrogens with zero attached hydrogens (tertiary/aromatic N) is 3. The third kappa shape index (κ3) is 3.96. The maximum Gasteiger partial charge on any atom is 0.410 e. The Morgan fingerprint density at radius 3 is 2.85 bits per heavy atom. The summed E-state index contributed by atoms with van der Waals surface area (Å²) in [6.07, 6.45) is 1.63. The minimum Gasteiger partial charge on any atom is -0.444 e. The molecule has 1 atom stereocenters. The first kappa shape index (κ1) is 18.6.